The molecule has 18 heavy (non-hydrogen) atoms. The van der Waals surface area contributed by atoms with Gasteiger partial charge >= 0.3 is 0 Å². The molecule has 1 fully saturated rings. The van der Waals surface area contributed by atoms with Gasteiger partial charge in [-0.2, -0.15) is 0 Å². The van der Waals surface area contributed by atoms with Crippen LogP contribution in [0.1, 0.15) is 59.8 Å². The molecule has 0 aliphatic carbocycles. The van der Waals surface area contributed by atoms with Crippen molar-refractivity contribution < 1.29 is 14.2 Å². The lowest BCUT2D eigenvalue weighted by atomic mass is 9.97. The highest BCUT2D eigenvalue weighted by molar-refractivity contribution is 4.77. The van der Waals surface area contributed by atoms with Gasteiger partial charge in [0.15, 0.2) is 12.6 Å². The zero-order chi connectivity index (χ0) is 13.5. The molecule has 3 heteroatoms. The topological polar surface area (TPSA) is 27.7 Å². The molecule has 0 spiro atoms. The Kier molecular flexibility index (Phi) is 7.20. The summed E-state index contributed by atoms with van der Waals surface area (Å²) in [6.45, 7) is 8.79. The van der Waals surface area contributed by atoms with Gasteiger partial charge in [0.05, 0.1) is 6.10 Å². The van der Waals surface area contributed by atoms with Crippen molar-refractivity contribution in [2.75, 3.05) is 7.11 Å². The maximum absolute atomic E-state index is 6.17. The van der Waals surface area contributed by atoms with Crippen LogP contribution < -0.4 is 0 Å². The molecular formula is C15H30O3. The van der Waals surface area contributed by atoms with Gasteiger partial charge in [0.1, 0.15) is 0 Å². The van der Waals surface area contributed by atoms with Crippen molar-refractivity contribution in [1.29, 1.82) is 0 Å². The highest BCUT2D eigenvalue weighted by Gasteiger charge is 2.40. The normalized spacial score (nSPS) is 33.8. The van der Waals surface area contributed by atoms with Crippen LogP contribution in [0.25, 0.3) is 0 Å². The van der Waals surface area contributed by atoms with Crippen molar-refractivity contribution >= 4 is 0 Å². The van der Waals surface area contributed by atoms with E-state index in [1.807, 2.05) is 0 Å². The molecule has 0 aromatic rings. The standard InChI is InChI=1S/C15H30O3/c1-6-8-10-13(9-7-2)17-15-12(4)11(3)14(16-5)18-15/h11-15H,6-10H2,1-5H3. The fraction of sp³-hybridized carbons (Fsp3) is 1.00. The summed E-state index contributed by atoms with van der Waals surface area (Å²) in [4.78, 5) is 0. The van der Waals surface area contributed by atoms with Crippen molar-refractivity contribution in [2.24, 2.45) is 11.8 Å². The van der Waals surface area contributed by atoms with Crippen LogP contribution >= 0.6 is 0 Å². The smallest absolute Gasteiger partial charge is 0.164 e. The van der Waals surface area contributed by atoms with Crippen LogP contribution in [0, 0.1) is 11.8 Å². The molecule has 1 heterocycles. The van der Waals surface area contributed by atoms with Gasteiger partial charge in [-0.15, -0.1) is 0 Å². The van der Waals surface area contributed by atoms with Crippen LogP contribution in [-0.4, -0.2) is 25.8 Å². The monoisotopic (exact) mass is 258 g/mol. The van der Waals surface area contributed by atoms with E-state index < -0.39 is 0 Å². The Labute approximate surface area is 112 Å². The summed E-state index contributed by atoms with van der Waals surface area (Å²) < 4.78 is 17.4. The number of unbranched alkanes of at least 4 members (excludes halogenated alkanes) is 1. The summed E-state index contributed by atoms with van der Waals surface area (Å²) in [6.07, 6.45) is 6.01. The molecule has 0 aromatic heterocycles. The van der Waals surface area contributed by atoms with E-state index in [1.165, 1.54) is 19.3 Å². The minimum absolute atomic E-state index is 0.0987. The average Bonchev–Trinajstić information content (AvgIpc) is 2.64. The number of ether oxygens (including phenoxy) is 3. The van der Waals surface area contributed by atoms with Crippen LogP contribution in [0.4, 0.5) is 0 Å². The number of methoxy groups -OCH3 is 1. The van der Waals surface area contributed by atoms with Gasteiger partial charge in [0, 0.05) is 18.9 Å². The molecule has 1 aliphatic rings. The van der Waals surface area contributed by atoms with Crippen LogP contribution in [0.15, 0.2) is 0 Å². The largest absolute Gasteiger partial charge is 0.355 e. The molecule has 108 valence electrons. The lowest BCUT2D eigenvalue weighted by molar-refractivity contribution is -0.223. The first-order valence-corrected chi connectivity index (χ1v) is 7.47. The highest BCUT2D eigenvalue weighted by Crippen LogP contribution is 2.34. The quantitative estimate of drug-likeness (QED) is 0.659. The predicted molar refractivity (Wildman–Crippen MR) is 73.3 cm³/mol. The highest BCUT2D eigenvalue weighted by atomic mass is 16.8. The summed E-state index contributed by atoms with van der Waals surface area (Å²) >= 11 is 0. The van der Waals surface area contributed by atoms with E-state index in [0.717, 1.165) is 12.8 Å². The van der Waals surface area contributed by atoms with Crippen molar-refractivity contribution in [3.05, 3.63) is 0 Å². The van der Waals surface area contributed by atoms with E-state index in [4.69, 9.17) is 14.2 Å². The molecule has 5 atom stereocenters. The van der Waals surface area contributed by atoms with Gasteiger partial charge in [-0.25, -0.2) is 0 Å². The molecule has 0 saturated carbocycles. The van der Waals surface area contributed by atoms with Crippen LogP contribution in [0.3, 0.4) is 0 Å². The van der Waals surface area contributed by atoms with Crippen molar-refractivity contribution in [3.8, 4) is 0 Å². The van der Waals surface area contributed by atoms with Gasteiger partial charge in [0.25, 0.3) is 0 Å². The van der Waals surface area contributed by atoms with E-state index in [9.17, 15) is 0 Å². The molecule has 1 saturated heterocycles. The molecular weight excluding hydrogens is 228 g/mol. The third kappa shape index (κ3) is 4.22. The number of hydrogen-bond acceptors (Lipinski definition) is 3. The van der Waals surface area contributed by atoms with Gasteiger partial charge in [-0.05, 0) is 12.8 Å². The SMILES string of the molecule is CCCCC(CCC)OC1OC(OC)C(C)C1C. The van der Waals surface area contributed by atoms with E-state index >= 15 is 0 Å². The zero-order valence-corrected chi connectivity index (χ0v) is 12.6. The zero-order valence-electron chi connectivity index (χ0n) is 12.6. The second kappa shape index (κ2) is 8.13. The summed E-state index contributed by atoms with van der Waals surface area (Å²) in [6, 6.07) is 0. The van der Waals surface area contributed by atoms with Gasteiger partial charge in [0.2, 0.25) is 0 Å². The summed E-state index contributed by atoms with van der Waals surface area (Å²) in [5, 5.41) is 0. The van der Waals surface area contributed by atoms with Crippen molar-refractivity contribution in [1.82, 2.24) is 0 Å². The lowest BCUT2D eigenvalue weighted by Crippen LogP contribution is -2.26. The maximum Gasteiger partial charge on any atom is 0.164 e. The van der Waals surface area contributed by atoms with E-state index in [2.05, 4.69) is 27.7 Å². The summed E-state index contributed by atoms with van der Waals surface area (Å²) in [5.74, 6) is 0.796. The van der Waals surface area contributed by atoms with Crippen LogP contribution in [0.2, 0.25) is 0 Å². The number of rotatable bonds is 8. The summed E-state index contributed by atoms with van der Waals surface area (Å²) in [7, 11) is 1.71. The third-order valence-corrected chi connectivity index (χ3v) is 4.01. The third-order valence-electron chi connectivity index (χ3n) is 4.01. The Morgan fingerprint density at radius 2 is 1.67 bits per heavy atom. The molecule has 0 bridgehead atoms. The molecule has 0 radical (unpaired) electrons. The fourth-order valence-electron chi connectivity index (χ4n) is 2.53. The second-order valence-electron chi connectivity index (χ2n) is 5.52. The Balaban J connectivity index is 2.47. The first-order valence-electron chi connectivity index (χ1n) is 7.47. The maximum atomic E-state index is 6.17. The minimum Gasteiger partial charge on any atom is -0.355 e. The molecule has 0 aromatic carbocycles. The van der Waals surface area contributed by atoms with Gasteiger partial charge in [-0.3, -0.25) is 0 Å². The molecule has 3 nitrogen and oxygen atoms in total. The van der Waals surface area contributed by atoms with E-state index in [-0.39, 0.29) is 12.6 Å². The predicted octanol–water partition coefficient (Wildman–Crippen LogP) is 3.96. The minimum atomic E-state index is -0.113. The van der Waals surface area contributed by atoms with E-state index in [0.29, 0.717) is 17.9 Å². The lowest BCUT2D eigenvalue weighted by Gasteiger charge is -2.24. The Hall–Kier alpha value is -0.120. The summed E-state index contributed by atoms with van der Waals surface area (Å²) in [5.41, 5.74) is 0. The molecule has 5 unspecified atom stereocenters. The number of hydrogen-bond donors (Lipinski definition) is 0. The molecule has 1 rings (SSSR count). The van der Waals surface area contributed by atoms with Gasteiger partial charge in [-0.1, -0.05) is 47.0 Å². The van der Waals surface area contributed by atoms with Crippen molar-refractivity contribution in [3.63, 3.8) is 0 Å². The second-order valence-corrected chi connectivity index (χ2v) is 5.52. The molecule has 0 amide bonds. The van der Waals surface area contributed by atoms with Gasteiger partial charge < -0.3 is 14.2 Å². The average molecular weight is 258 g/mol. The van der Waals surface area contributed by atoms with Crippen LogP contribution in [0.5, 0.6) is 0 Å². The first-order chi connectivity index (χ1) is 8.63. The first kappa shape index (κ1) is 15.9. The van der Waals surface area contributed by atoms with Crippen LogP contribution in [-0.2, 0) is 14.2 Å². The van der Waals surface area contributed by atoms with Crippen molar-refractivity contribution in [2.45, 2.75) is 78.5 Å². The fourth-order valence-corrected chi connectivity index (χ4v) is 2.53. The van der Waals surface area contributed by atoms with E-state index in [1.54, 1.807) is 7.11 Å². The Morgan fingerprint density at radius 3 is 2.17 bits per heavy atom. The molecule has 0 N–H and O–H groups in total. The molecule has 1 aliphatic heterocycles. The Bertz CT molecular complexity index is 220. The Morgan fingerprint density at radius 1 is 1.00 bits per heavy atom.